The fraction of sp³-hybridized carbons (Fsp3) is 0.571. The van der Waals surface area contributed by atoms with Crippen LogP contribution in [0.1, 0.15) is 50.1 Å². The number of hydrogen-bond donors (Lipinski definition) is 1. The maximum absolute atomic E-state index is 6.31. The van der Waals surface area contributed by atoms with Gasteiger partial charge in [0, 0.05) is 22.5 Å². The smallest absolute Gasteiger partial charge is 0.126 e. The lowest BCUT2D eigenvalue weighted by atomic mass is 9.77. The van der Waals surface area contributed by atoms with E-state index in [-0.39, 0.29) is 11.6 Å². The number of ether oxygens (including phenoxy) is 1. The van der Waals surface area contributed by atoms with Gasteiger partial charge in [-0.25, -0.2) is 0 Å². The lowest BCUT2D eigenvalue weighted by Crippen LogP contribution is -2.44. The Hall–Kier alpha value is -0.540. The molecule has 3 rings (SSSR count). The van der Waals surface area contributed by atoms with Crippen LogP contribution in [0.4, 0.5) is 0 Å². The van der Waals surface area contributed by atoms with Crippen molar-refractivity contribution in [2.75, 3.05) is 0 Å². The standard InChI is InChI=1S/C14H18BrNO/c15-10-4-5-11-12(16)9-14(17-13(11)8-10)6-2-1-3-7-14/h4-5,8,12H,1-3,6-7,9,16H2. The summed E-state index contributed by atoms with van der Waals surface area (Å²) in [5.74, 6) is 0.986. The van der Waals surface area contributed by atoms with Gasteiger partial charge in [-0.3, -0.25) is 0 Å². The minimum Gasteiger partial charge on any atom is -0.487 e. The first-order valence-electron chi connectivity index (χ1n) is 6.43. The van der Waals surface area contributed by atoms with Gasteiger partial charge in [0.15, 0.2) is 0 Å². The van der Waals surface area contributed by atoms with Gasteiger partial charge in [-0.15, -0.1) is 0 Å². The average molecular weight is 296 g/mol. The minimum absolute atomic E-state index is 0.0193. The van der Waals surface area contributed by atoms with Gasteiger partial charge in [-0.2, -0.15) is 0 Å². The second-order valence-corrected chi connectivity index (χ2v) is 6.25. The van der Waals surface area contributed by atoms with E-state index in [0.717, 1.165) is 35.0 Å². The molecule has 1 fully saturated rings. The molecule has 1 aliphatic carbocycles. The van der Waals surface area contributed by atoms with Crippen molar-refractivity contribution in [2.45, 2.75) is 50.2 Å². The summed E-state index contributed by atoms with van der Waals surface area (Å²) < 4.78 is 7.37. The summed E-state index contributed by atoms with van der Waals surface area (Å²) in [7, 11) is 0. The normalized spacial score (nSPS) is 26.4. The summed E-state index contributed by atoms with van der Waals surface area (Å²) in [6, 6.07) is 6.32. The molecule has 3 heteroatoms. The van der Waals surface area contributed by atoms with Crippen LogP contribution in [0.2, 0.25) is 0 Å². The van der Waals surface area contributed by atoms with E-state index in [9.17, 15) is 0 Å². The SMILES string of the molecule is NC1CC2(CCCCC2)Oc2cc(Br)ccc21. The molecule has 0 amide bonds. The van der Waals surface area contributed by atoms with E-state index in [1.165, 1.54) is 19.3 Å². The maximum Gasteiger partial charge on any atom is 0.126 e. The molecule has 1 spiro atoms. The zero-order valence-corrected chi connectivity index (χ0v) is 11.5. The number of rotatable bonds is 0. The maximum atomic E-state index is 6.31. The molecule has 0 radical (unpaired) electrons. The molecule has 1 aromatic carbocycles. The van der Waals surface area contributed by atoms with Crippen LogP contribution in [0.25, 0.3) is 0 Å². The van der Waals surface area contributed by atoms with Crippen molar-refractivity contribution in [2.24, 2.45) is 5.73 Å². The topological polar surface area (TPSA) is 35.2 Å². The van der Waals surface area contributed by atoms with Crippen molar-refractivity contribution in [3.63, 3.8) is 0 Å². The van der Waals surface area contributed by atoms with Crippen LogP contribution in [-0.4, -0.2) is 5.60 Å². The quantitative estimate of drug-likeness (QED) is 0.787. The molecule has 1 atom stereocenters. The molecule has 1 unspecified atom stereocenters. The molecule has 0 bridgehead atoms. The summed E-state index contributed by atoms with van der Waals surface area (Å²) in [4.78, 5) is 0. The first-order chi connectivity index (χ1) is 8.19. The van der Waals surface area contributed by atoms with Crippen molar-refractivity contribution in [3.05, 3.63) is 28.2 Å². The van der Waals surface area contributed by atoms with Crippen LogP contribution < -0.4 is 10.5 Å². The Bertz CT molecular complexity index is 426. The number of nitrogens with two attached hydrogens (primary N) is 1. The van der Waals surface area contributed by atoms with Crippen molar-refractivity contribution >= 4 is 15.9 Å². The third-order valence-corrected chi connectivity index (χ3v) is 4.55. The Morgan fingerprint density at radius 3 is 2.76 bits per heavy atom. The van der Waals surface area contributed by atoms with Gasteiger partial charge in [0.1, 0.15) is 11.4 Å². The highest BCUT2D eigenvalue weighted by molar-refractivity contribution is 9.10. The van der Waals surface area contributed by atoms with Crippen molar-refractivity contribution in [1.29, 1.82) is 0 Å². The molecule has 1 aliphatic heterocycles. The predicted octanol–water partition coefficient (Wildman–Crippen LogP) is 3.93. The zero-order valence-electron chi connectivity index (χ0n) is 9.92. The third kappa shape index (κ3) is 2.11. The first kappa shape index (κ1) is 11.5. The van der Waals surface area contributed by atoms with E-state index in [1.54, 1.807) is 0 Å². The molecule has 2 nitrogen and oxygen atoms in total. The Kier molecular flexibility index (Phi) is 2.91. The number of benzene rings is 1. The molecule has 17 heavy (non-hydrogen) atoms. The first-order valence-corrected chi connectivity index (χ1v) is 7.22. The van der Waals surface area contributed by atoms with Gasteiger partial charge < -0.3 is 10.5 Å². The Morgan fingerprint density at radius 2 is 2.00 bits per heavy atom. The highest BCUT2D eigenvalue weighted by Crippen LogP contribution is 2.45. The van der Waals surface area contributed by atoms with E-state index < -0.39 is 0 Å². The van der Waals surface area contributed by atoms with Gasteiger partial charge in [-0.1, -0.05) is 28.4 Å². The molecule has 0 saturated heterocycles. The zero-order chi connectivity index (χ0) is 11.9. The predicted molar refractivity (Wildman–Crippen MR) is 72.1 cm³/mol. The number of hydrogen-bond acceptors (Lipinski definition) is 2. The molecule has 0 aromatic heterocycles. The van der Waals surface area contributed by atoms with E-state index >= 15 is 0 Å². The van der Waals surface area contributed by atoms with Crippen LogP contribution in [-0.2, 0) is 0 Å². The highest BCUT2D eigenvalue weighted by Gasteiger charge is 2.40. The third-order valence-electron chi connectivity index (χ3n) is 4.06. The second-order valence-electron chi connectivity index (χ2n) is 5.34. The second kappa shape index (κ2) is 4.29. The summed E-state index contributed by atoms with van der Waals surface area (Å²) >= 11 is 3.50. The largest absolute Gasteiger partial charge is 0.487 e. The summed E-state index contributed by atoms with van der Waals surface area (Å²) in [6.07, 6.45) is 7.18. The van der Waals surface area contributed by atoms with Crippen LogP contribution in [0.3, 0.4) is 0 Å². The van der Waals surface area contributed by atoms with Crippen molar-refractivity contribution in [1.82, 2.24) is 0 Å². The molecule has 1 saturated carbocycles. The van der Waals surface area contributed by atoms with Crippen LogP contribution in [0.5, 0.6) is 5.75 Å². The molecule has 2 aliphatic rings. The Balaban J connectivity index is 1.95. The van der Waals surface area contributed by atoms with Gasteiger partial charge in [0.05, 0.1) is 0 Å². The molecule has 2 N–H and O–H groups in total. The highest BCUT2D eigenvalue weighted by atomic mass is 79.9. The summed E-state index contributed by atoms with van der Waals surface area (Å²) in [5, 5.41) is 0. The lowest BCUT2D eigenvalue weighted by molar-refractivity contribution is 0.00189. The van der Waals surface area contributed by atoms with Gasteiger partial charge in [-0.05, 0) is 37.8 Å². The Labute approximate surface area is 111 Å². The molecular formula is C14H18BrNO. The van der Waals surface area contributed by atoms with Crippen LogP contribution in [0, 0.1) is 0 Å². The summed E-state index contributed by atoms with van der Waals surface area (Å²) in [5.41, 5.74) is 7.48. The average Bonchev–Trinajstić information content (AvgIpc) is 2.29. The van der Waals surface area contributed by atoms with E-state index in [4.69, 9.17) is 10.5 Å². The van der Waals surface area contributed by atoms with Crippen molar-refractivity contribution < 1.29 is 4.74 Å². The lowest BCUT2D eigenvalue weighted by Gasteiger charge is -2.43. The minimum atomic E-state index is 0.0193. The molecule has 92 valence electrons. The van der Waals surface area contributed by atoms with Crippen LogP contribution >= 0.6 is 15.9 Å². The Morgan fingerprint density at radius 1 is 1.24 bits per heavy atom. The molecular weight excluding hydrogens is 278 g/mol. The van der Waals surface area contributed by atoms with Crippen LogP contribution in [0.15, 0.2) is 22.7 Å². The van der Waals surface area contributed by atoms with Gasteiger partial charge >= 0.3 is 0 Å². The number of halogens is 1. The van der Waals surface area contributed by atoms with E-state index in [2.05, 4.69) is 28.1 Å². The van der Waals surface area contributed by atoms with Gasteiger partial charge in [0.25, 0.3) is 0 Å². The van der Waals surface area contributed by atoms with E-state index in [0.29, 0.717) is 0 Å². The molecule has 1 heterocycles. The van der Waals surface area contributed by atoms with Gasteiger partial charge in [0.2, 0.25) is 0 Å². The molecule has 1 aromatic rings. The fourth-order valence-corrected chi connectivity index (χ4v) is 3.53. The van der Waals surface area contributed by atoms with E-state index in [1.807, 2.05) is 6.07 Å². The number of fused-ring (bicyclic) bond motifs is 1. The summed E-state index contributed by atoms with van der Waals surface area (Å²) in [6.45, 7) is 0. The fourth-order valence-electron chi connectivity index (χ4n) is 3.19. The monoisotopic (exact) mass is 295 g/mol. The van der Waals surface area contributed by atoms with Crippen molar-refractivity contribution in [3.8, 4) is 5.75 Å².